The number of benzene rings is 1. The molecule has 0 radical (unpaired) electrons. The molecule has 2 saturated heterocycles. The second-order valence-corrected chi connectivity index (χ2v) is 8.67. The number of rotatable bonds is 2. The molecule has 3 nitrogen and oxygen atoms in total. The van der Waals surface area contributed by atoms with Gasteiger partial charge in [-0.05, 0) is 93.5 Å². The highest BCUT2D eigenvalue weighted by molar-refractivity contribution is 5.94. The van der Waals surface area contributed by atoms with Crippen LogP contribution in [0.2, 0.25) is 0 Å². The number of fused-ring (bicyclic) bond motifs is 2. The SMILES string of the molecule is O=C(c1ccc2c(c1)CCCC2)N1CC[C@H]2[C@H](CCCN2C2CC2)C1. The third-order valence-corrected chi connectivity index (χ3v) is 7.01. The Morgan fingerprint density at radius 2 is 1.76 bits per heavy atom. The van der Waals surface area contributed by atoms with E-state index in [9.17, 15) is 4.79 Å². The first-order chi connectivity index (χ1) is 12.3. The number of nitrogens with zero attached hydrogens (tertiary/aromatic N) is 2. The van der Waals surface area contributed by atoms with Crippen LogP contribution >= 0.6 is 0 Å². The van der Waals surface area contributed by atoms with Gasteiger partial charge in [0.15, 0.2) is 0 Å². The third-order valence-electron chi connectivity index (χ3n) is 7.01. The van der Waals surface area contributed by atoms with Gasteiger partial charge in [0.25, 0.3) is 5.91 Å². The molecule has 134 valence electrons. The van der Waals surface area contributed by atoms with Gasteiger partial charge in [-0.25, -0.2) is 0 Å². The molecule has 2 heterocycles. The normalized spacial score (nSPS) is 29.8. The van der Waals surface area contributed by atoms with Crippen molar-refractivity contribution in [3.8, 4) is 0 Å². The Morgan fingerprint density at radius 1 is 0.920 bits per heavy atom. The Balaban J connectivity index is 1.30. The van der Waals surface area contributed by atoms with Crippen molar-refractivity contribution in [3.05, 3.63) is 34.9 Å². The van der Waals surface area contributed by atoms with Crippen molar-refractivity contribution in [2.24, 2.45) is 5.92 Å². The Bertz CT molecular complexity index is 666. The fourth-order valence-electron chi connectivity index (χ4n) is 5.54. The van der Waals surface area contributed by atoms with Gasteiger partial charge < -0.3 is 4.90 Å². The summed E-state index contributed by atoms with van der Waals surface area (Å²) < 4.78 is 0. The molecule has 2 aliphatic heterocycles. The Labute approximate surface area is 151 Å². The van der Waals surface area contributed by atoms with Gasteiger partial charge in [-0.1, -0.05) is 6.07 Å². The summed E-state index contributed by atoms with van der Waals surface area (Å²) in [5, 5.41) is 0. The fraction of sp³-hybridized carbons (Fsp3) is 0.682. The third kappa shape index (κ3) is 3.01. The highest BCUT2D eigenvalue weighted by Crippen LogP contribution is 2.38. The van der Waals surface area contributed by atoms with Gasteiger partial charge in [0, 0.05) is 30.7 Å². The largest absolute Gasteiger partial charge is 0.338 e. The van der Waals surface area contributed by atoms with Crippen LogP contribution in [-0.4, -0.2) is 47.4 Å². The van der Waals surface area contributed by atoms with Crippen LogP contribution in [0.5, 0.6) is 0 Å². The van der Waals surface area contributed by atoms with Gasteiger partial charge in [0.2, 0.25) is 0 Å². The average molecular weight is 338 g/mol. The molecule has 2 aliphatic carbocycles. The van der Waals surface area contributed by atoms with Crippen molar-refractivity contribution in [3.63, 3.8) is 0 Å². The van der Waals surface area contributed by atoms with E-state index in [2.05, 4.69) is 28.0 Å². The number of carbonyl (C=O) groups is 1. The van der Waals surface area contributed by atoms with Gasteiger partial charge in [0.05, 0.1) is 0 Å². The smallest absolute Gasteiger partial charge is 0.253 e. The molecule has 0 unspecified atom stereocenters. The highest BCUT2D eigenvalue weighted by atomic mass is 16.2. The van der Waals surface area contributed by atoms with E-state index in [4.69, 9.17) is 0 Å². The summed E-state index contributed by atoms with van der Waals surface area (Å²) in [5.41, 5.74) is 3.81. The number of piperidine rings is 2. The predicted molar refractivity (Wildman–Crippen MR) is 99.8 cm³/mol. The lowest BCUT2D eigenvalue weighted by molar-refractivity contribution is 0.0174. The van der Waals surface area contributed by atoms with Crippen LogP contribution in [0.25, 0.3) is 0 Å². The summed E-state index contributed by atoms with van der Waals surface area (Å²) in [6.45, 7) is 3.22. The molecule has 1 aromatic rings. The standard InChI is InChI=1S/C22H30N2O/c25-22(18-8-7-16-4-1-2-5-17(16)14-18)23-13-11-21-19(15-23)6-3-12-24(21)20-9-10-20/h7-8,14,19-21H,1-6,9-13,15H2/t19-,21+/m1/s1. The van der Waals surface area contributed by atoms with E-state index in [-0.39, 0.29) is 5.91 Å². The van der Waals surface area contributed by atoms with Gasteiger partial charge in [-0.3, -0.25) is 9.69 Å². The molecule has 4 aliphatic rings. The van der Waals surface area contributed by atoms with E-state index in [1.165, 1.54) is 69.0 Å². The topological polar surface area (TPSA) is 23.6 Å². The Kier molecular flexibility index (Phi) is 4.08. The summed E-state index contributed by atoms with van der Waals surface area (Å²) in [6.07, 6.45) is 11.5. The highest BCUT2D eigenvalue weighted by Gasteiger charge is 2.42. The molecule has 0 bridgehead atoms. The number of aryl methyl sites for hydroxylation is 2. The van der Waals surface area contributed by atoms with Crippen LogP contribution in [0, 0.1) is 5.92 Å². The van der Waals surface area contributed by atoms with E-state index in [0.717, 1.165) is 37.2 Å². The van der Waals surface area contributed by atoms with Crippen molar-refractivity contribution in [1.29, 1.82) is 0 Å². The molecule has 0 aromatic heterocycles. The zero-order valence-corrected chi connectivity index (χ0v) is 15.3. The maximum Gasteiger partial charge on any atom is 0.253 e. The number of carbonyl (C=O) groups excluding carboxylic acids is 1. The molecule has 0 spiro atoms. The molecular weight excluding hydrogens is 308 g/mol. The van der Waals surface area contributed by atoms with E-state index in [1.54, 1.807) is 0 Å². The first kappa shape index (κ1) is 15.9. The summed E-state index contributed by atoms with van der Waals surface area (Å²) >= 11 is 0. The lowest BCUT2D eigenvalue weighted by atomic mass is 9.83. The maximum absolute atomic E-state index is 13.1. The van der Waals surface area contributed by atoms with Crippen LogP contribution in [0.15, 0.2) is 18.2 Å². The van der Waals surface area contributed by atoms with Crippen LogP contribution in [0.3, 0.4) is 0 Å². The summed E-state index contributed by atoms with van der Waals surface area (Å²) in [5.74, 6) is 0.972. The maximum atomic E-state index is 13.1. The van der Waals surface area contributed by atoms with Gasteiger partial charge in [-0.15, -0.1) is 0 Å². The van der Waals surface area contributed by atoms with Crippen molar-refractivity contribution in [2.75, 3.05) is 19.6 Å². The fourth-order valence-corrected chi connectivity index (χ4v) is 5.54. The molecule has 1 aromatic carbocycles. The van der Waals surface area contributed by atoms with Gasteiger partial charge in [0.1, 0.15) is 0 Å². The predicted octanol–water partition coefficient (Wildman–Crippen LogP) is 3.65. The van der Waals surface area contributed by atoms with Crippen molar-refractivity contribution < 1.29 is 4.79 Å². The zero-order chi connectivity index (χ0) is 16.8. The van der Waals surface area contributed by atoms with E-state index < -0.39 is 0 Å². The first-order valence-corrected chi connectivity index (χ1v) is 10.5. The minimum atomic E-state index is 0.273. The minimum Gasteiger partial charge on any atom is -0.338 e. The molecule has 2 atom stereocenters. The molecule has 3 heteroatoms. The van der Waals surface area contributed by atoms with Crippen LogP contribution in [0.4, 0.5) is 0 Å². The van der Waals surface area contributed by atoms with Crippen LogP contribution in [-0.2, 0) is 12.8 Å². The number of likely N-dealkylation sites (tertiary alicyclic amines) is 2. The quantitative estimate of drug-likeness (QED) is 0.822. The van der Waals surface area contributed by atoms with E-state index >= 15 is 0 Å². The minimum absolute atomic E-state index is 0.273. The molecule has 5 rings (SSSR count). The van der Waals surface area contributed by atoms with Gasteiger partial charge in [-0.2, -0.15) is 0 Å². The van der Waals surface area contributed by atoms with Crippen LogP contribution in [0.1, 0.15) is 66.4 Å². The summed E-state index contributed by atoms with van der Waals surface area (Å²) in [7, 11) is 0. The number of hydrogen-bond acceptors (Lipinski definition) is 2. The van der Waals surface area contributed by atoms with E-state index in [1.807, 2.05) is 0 Å². The number of amides is 1. The molecule has 0 N–H and O–H groups in total. The summed E-state index contributed by atoms with van der Waals surface area (Å²) in [6, 6.07) is 8.10. The summed E-state index contributed by atoms with van der Waals surface area (Å²) in [4.78, 5) is 18.0. The van der Waals surface area contributed by atoms with Gasteiger partial charge >= 0.3 is 0 Å². The molecular formula is C22H30N2O. The first-order valence-electron chi connectivity index (χ1n) is 10.5. The lowest BCUT2D eigenvalue weighted by Gasteiger charge is -2.47. The van der Waals surface area contributed by atoms with Crippen molar-refractivity contribution in [2.45, 2.75) is 69.9 Å². The van der Waals surface area contributed by atoms with Crippen molar-refractivity contribution in [1.82, 2.24) is 9.80 Å². The average Bonchev–Trinajstić information content (AvgIpc) is 3.51. The second kappa shape index (κ2) is 6.42. The Hall–Kier alpha value is -1.35. The zero-order valence-electron chi connectivity index (χ0n) is 15.3. The molecule has 3 fully saturated rings. The second-order valence-electron chi connectivity index (χ2n) is 8.67. The van der Waals surface area contributed by atoms with Crippen LogP contribution < -0.4 is 0 Å². The monoisotopic (exact) mass is 338 g/mol. The molecule has 25 heavy (non-hydrogen) atoms. The van der Waals surface area contributed by atoms with Crippen molar-refractivity contribution >= 4 is 5.91 Å². The number of hydrogen-bond donors (Lipinski definition) is 0. The Morgan fingerprint density at radius 3 is 2.60 bits per heavy atom. The van der Waals surface area contributed by atoms with E-state index in [0.29, 0.717) is 5.92 Å². The lowest BCUT2D eigenvalue weighted by Crippen LogP contribution is -2.55. The molecule has 1 saturated carbocycles. The molecule has 1 amide bonds.